The second-order valence-corrected chi connectivity index (χ2v) is 11.0. The van der Waals surface area contributed by atoms with Gasteiger partial charge in [0.1, 0.15) is 0 Å². The molecule has 7 N–H and O–H groups in total. The molecule has 6 nitrogen and oxygen atoms in total. The molecule has 1 aromatic rings. The van der Waals surface area contributed by atoms with Crippen molar-refractivity contribution < 1.29 is 0 Å². The van der Waals surface area contributed by atoms with Gasteiger partial charge in [-0.1, -0.05) is 82.1 Å². The molecule has 0 fully saturated rings. The zero-order chi connectivity index (χ0) is 29.8. The molecule has 0 aromatic heterocycles. The largest absolute Gasteiger partial charge is 0.387 e. The van der Waals surface area contributed by atoms with E-state index in [4.69, 9.17) is 5.73 Å². The van der Waals surface area contributed by atoms with Gasteiger partial charge in [0, 0.05) is 35.0 Å². The average Bonchev–Trinajstić information content (AvgIpc) is 2.91. The molecular weight excluding hydrogens is 492 g/mol. The molecule has 0 radical (unpaired) electrons. The van der Waals surface area contributed by atoms with Gasteiger partial charge in [-0.2, -0.15) is 0 Å². The summed E-state index contributed by atoms with van der Waals surface area (Å²) in [5.41, 5.74) is 12.7. The molecule has 0 saturated carbocycles. The molecule has 0 bridgehead atoms. The second-order valence-electron chi connectivity index (χ2n) is 11.0. The maximum absolute atomic E-state index is 5.56. The Morgan fingerprint density at radius 2 is 1.40 bits per heavy atom. The van der Waals surface area contributed by atoms with E-state index < -0.39 is 0 Å². The predicted octanol–water partition coefficient (Wildman–Crippen LogP) is 5.63. The molecule has 0 saturated heterocycles. The molecule has 6 heteroatoms. The summed E-state index contributed by atoms with van der Waals surface area (Å²) in [6, 6.07) is 10.4. The molecule has 40 heavy (non-hydrogen) atoms. The van der Waals surface area contributed by atoms with E-state index in [0.29, 0.717) is 25.6 Å². The van der Waals surface area contributed by atoms with Crippen LogP contribution >= 0.6 is 0 Å². The van der Waals surface area contributed by atoms with Crippen molar-refractivity contribution in [1.82, 2.24) is 26.6 Å². The maximum atomic E-state index is 5.56. The van der Waals surface area contributed by atoms with E-state index in [-0.39, 0.29) is 6.04 Å². The third kappa shape index (κ3) is 17.3. The summed E-state index contributed by atoms with van der Waals surface area (Å²) in [4.78, 5) is 0. The smallest absolute Gasteiger partial charge is 0.0691 e. The fourth-order valence-electron chi connectivity index (χ4n) is 4.28. The van der Waals surface area contributed by atoms with Crippen molar-refractivity contribution in [2.45, 2.75) is 64.8 Å². The molecule has 222 valence electrons. The van der Waals surface area contributed by atoms with Crippen LogP contribution in [-0.4, -0.2) is 38.8 Å². The van der Waals surface area contributed by atoms with E-state index in [0.717, 1.165) is 86.5 Å². The van der Waals surface area contributed by atoms with Crippen LogP contribution < -0.4 is 32.3 Å². The molecule has 2 unspecified atom stereocenters. The van der Waals surface area contributed by atoms with Crippen molar-refractivity contribution in [3.8, 4) is 0 Å². The Balaban J connectivity index is 2.51. The highest BCUT2D eigenvalue weighted by Crippen LogP contribution is 2.13. The first-order chi connectivity index (χ1) is 19.1. The summed E-state index contributed by atoms with van der Waals surface area (Å²) in [5, 5.41) is 17.2. The van der Waals surface area contributed by atoms with E-state index in [1.165, 1.54) is 11.1 Å². The number of benzene rings is 1. The Bertz CT molecular complexity index is 948. The van der Waals surface area contributed by atoms with Gasteiger partial charge in [0.25, 0.3) is 0 Å². The highest BCUT2D eigenvalue weighted by Gasteiger charge is 2.15. The lowest BCUT2D eigenvalue weighted by molar-refractivity contribution is 0.510. The van der Waals surface area contributed by atoms with Gasteiger partial charge in [-0.25, -0.2) is 0 Å². The normalized spacial score (nSPS) is 12.0. The number of rotatable bonds is 25. The molecule has 0 aliphatic rings. The molecule has 0 aliphatic heterocycles. The summed E-state index contributed by atoms with van der Waals surface area (Å²) in [6.07, 6.45) is 7.18. The minimum absolute atomic E-state index is 0.0280. The lowest BCUT2D eigenvalue weighted by Crippen LogP contribution is -2.40. The highest BCUT2D eigenvalue weighted by atomic mass is 15.1. The van der Waals surface area contributed by atoms with E-state index in [1.807, 2.05) is 6.07 Å². The van der Waals surface area contributed by atoms with Crippen molar-refractivity contribution in [2.24, 2.45) is 11.7 Å². The number of hydrogen-bond donors (Lipinski definition) is 6. The summed E-state index contributed by atoms with van der Waals surface area (Å²) < 4.78 is 0. The van der Waals surface area contributed by atoms with Gasteiger partial charge in [0.05, 0.1) is 25.7 Å². The van der Waals surface area contributed by atoms with Gasteiger partial charge in [-0.05, 0) is 63.5 Å². The first-order valence-corrected chi connectivity index (χ1v) is 14.6. The number of unbranched alkanes of at least 4 members (excludes halogenated alkanes) is 2. The third-order valence-corrected chi connectivity index (χ3v) is 6.61. The van der Waals surface area contributed by atoms with Crippen LogP contribution in [0.2, 0.25) is 0 Å². The van der Waals surface area contributed by atoms with Crippen molar-refractivity contribution in [2.75, 3.05) is 32.7 Å². The number of nitrogens with two attached hydrogens (primary N) is 1. The van der Waals surface area contributed by atoms with E-state index in [2.05, 4.69) is 104 Å². The predicted molar refractivity (Wildman–Crippen MR) is 176 cm³/mol. The van der Waals surface area contributed by atoms with Crippen LogP contribution in [0, 0.1) is 5.92 Å². The van der Waals surface area contributed by atoms with E-state index in [1.54, 1.807) is 0 Å². The zero-order valence-electron chi connectivity index (χ0n) is 25.3. The Kier molecular flexibility index (Phi) is 17.8. The van der Waals surface area contributed by atoms with Crippen LogP contribution in [-0.2, 0) is 6.42 Å². The summed E-state index contributed by atoms with van der Waals surface area (Å²) in [7, 11) is 0. The standard InChI is InChI=1S/C34H56N6/c1-26(2)21-27(3)18-20-36-29(5)24-39-32(8)34(22-33-16-12-9-13-17-33)40-31(7)25-38-30(6)23-37-28(4)15-11-10-14-19-35/h9,12-13,16-17,27,34,36-40H,1,4-8,10-11,14-15,18-25,35H2,2-3H3. The fraction of sp³-hybridized carbons (Fsp3) is 0.471. The van der Waals surface area contributed by atoms with Crippen LogP contribution in [0.3, 0.4) is 0 Å². The molecule has 0 spiro atoms. The van der Waals surface area contributed by atoms with Gasteiger partial charge in [0.2, 0.25) is 0 Å². The molecular formula is C34H56N6. The quantitative estimate of drug-likeness (QED) is 0.0702. The van der Waals surface area contributed by atoms with Gasteiger partial charge in [-0.3, -0.25) is 0 Å². The SMILES string of the molecule is C=C(C)CC(C)CCNC(=C)CNC(=C)C(Cc1ccccc1)NC(=C)CNC(=C)CNC(=C)CCCCCN. The second kappa shape index (κ2) is 20.5. The lowest BCUT2D eigenvalue weighted by atomic mass is 10.00. The van der Waals surface area contributed by atoms with Gasteiger partial charge in [0.15, 0.2) is 0 Å². The van der Waals surface area contributed by atoms with E-state index >= 15 is 0 Å². The van der Waals surface area contributed by atoms with Gasteiger partial charge in [-0.15, -0.1) is 6.58 Å². The molecule has 0 aliphatic carbocycles. The van der Waals surface area contributed by atoms with Crippen LogP contribution in [0.15, 0.2) is 104 Å². The summed E-state index contributed by atoms with van der Waals surface area (Å²) in [6.45, 7) is 32.8. The van der Waals surface area contributed by atoms with Gasteiger partial charge >= 0.3 is 0 Å². The Morgan fingerprint density at radius 3 is 2.08 bits per heavy atom. The minimum Gasteiger partial charge on any atom is -0.387 e. The Morgan fingerprint density at radius 1 is 0.775 bits per heavy atom. The summed E-state index contributed by atoms with van der Waals surface area (Å²) in [5.74, 6) is 0.608. The number of hydrogen-bond acceptors (Lipinski definition) is 6. The highest BCUT2D eigenvalue weighted by molar-refractivity contribution is 5.21. The molecule has 1 rings (SSSR count). The van der Waals surface area contributed by atoms with Crippen molar-refractivity contribution >= 4 is 0 Å². The molecule has 1 aromatic carbocycles. The Hall–Kier alpha value is -3.38. The monoisotopic (exact) mass is 548 g/mol. The van der Waals surface area contributed by atoms with Crippen molar-refractivity contribution in [1.29, 1.82) is 0 Å². The first kappa shape index (κ1) is 34.6. The summed E-state index contributed by atoms with van der Waals surface area (Å²) >= 11 is 0. The van der Waals surface area contributed by atoms with Gasteiger partial charge < -0.3 is 32.3 Å². The number of nitrogens with one attached hydrogen (secondary N) is 5. The van der Waals surface area contributed by atoms with E-state index in [9.17, 15) is 0 Å². The minimum atomic E-state index is -0.0280. The van der Waals surface area contributed by atoms with Crippen molar-refractivity contribution in [3.05, 3.63) is 109 Å². The molecule has 2 atom stereocenters. The number of allylic oxidation sites excluding steroid dienone is 2. The fourth-order valence-corrected chi connectivity index (χ4v) is 4.28. The average molecular weight is 549 g/mol. The Labute approximate surface area is 245 Å². The molecule has 0 heterocycles. The third-order valence-electron chi connectivity index (χ3n) is 6.61. The van der Waals surface area contributed by atoms with Crippen molar-refractivity contribution in [3.63, 3.8) is 0 Å². The first-order valence-electron chi connectivity index (χ1n) is 14.6. The maximum Gasteiger partial charge on any atom is 0.0691 e. The molecule has 0 amide bonds. The topological polar surface area (TPSA) is 86.2 Å². The van der Waals surface area contributed by atoms with Crippen LogP contribution in [0.1, 0.15) is 57.9 Å². The van der Waals surface area contributed by atoms with Crippen LogP contribution in [0.4, 0.5) is 0 Å². The lowest BCUT2D eigenvalue weighted by Gasteiger charge is -2.26. The van der Waals surface area contributed by atoms with Crippen LogP contribution in [0.25, 0.3) is 0 Å². The zero-order valence-corrected chi connectivity index (χ0v) is 25.3. The van der Waals surface area contributed by atoms with Crippen LogP contribution in [0.5, 0.6) is 0 Å².